The fourth-order valence-corrected chi connectivity index (χ4v) is 3.51. The second kappa shape index (κ2) is 6.71. The third-order valence-electron chi connectivity index (χ3n) is 4.62. The molecule has 2 unspecified atom stereocenters. The molecular weight excluding hydrogens is 238 g/mol. The number of nitrogens with one attached hydrogen (secondary N) is 1. The van der Waals surface area contributed by atoms with E-state index >= 15 is 0 Å². The van der Waals surface area contributed by atoms with Crippen molar-refractivity contribution in [3.05, 3.63) is 0 Å². The van der Waals surface area contributed by atoms with E-state index in [4.69, 9.17) is 5.73 Å². The lowest BCUT2D eigenvalue weighted by molar-refractivity contribution is -0.124. The summed E-state index contributed by atoms with van der Waals surface area (Å²) in [6.07, 6.45) is 5.06. The molecule has 4 nitrogen and oxygen atoms in total. The van der Waals surface area contributed by atoms with Gasteiger partial charge in [0.25, 0.3) is 0 Å². The topological polar surface area (TPSA) is 58.4 Å². The van der Waals surface area contributed by atoms with Gasteiger partial charge in [-0.05, 0) is 53.0 Å². The van der Waals surface area contributed by atoms with E-state index in [2.05, 4.69) is 45.0 Å². The smallest absolute Gasteiger partial charge is 0.237 e. The van der Waals surface area contributed by atoms with Gasteiger partial charge in [0.2, 0.25) is 5.91 Å². The maximum absolute atomic E-state index is 11.9. The molecule has 0 saturated heterocycles. The summed E-state index contributed by atoms with van der Waals surface area (Å²) in [7, 11) is 2.19. The highest BCUT2D eigenvalue weighted by Crippen LogP contribution is 2.34. The van der Waals surface area contributed by atoms with Crippen molar-refractivity contribution >= 4 is 5.91 Å². The summed E-state index contributed by atoms with van der Waals surface area (Å²) in [4.78, 5) is 14.3. The summed E-state index contributed by atoms with van der Waals surface area (Å²) in [5, 5.41) is 3.41. The highest BCUT2D eigenvalue weighted by atomic mass is 16.1. The van der Waals surface area contributed by atoms with Crippen LogP contribution in [0.1, 0.15) is 59.8 Å². The van der Waals surface area contributed by atoms with E-state index in [0.29, 0.717) is 12.1 Å². The molecule has 1 aliphatic rings. The normalized spacial score (nSPS) is 27.7. The van der Waals surface area contributed by atoms with Gasteiger partial charge < -0.3 is 16.0 Å². The average Bonchev–Trinajstić information content (AvgIpc) is 2.75. The van der Waals surface area contributed by atoms with Crippen molar-refractivity contribution in [2.24, 2.45) is 5.73 Å². The van der Waals surface area contributed by atoms with Gasteiger partial charge in [-0.1, -0.05) is 13.8 Å². The first-order valence-electron chi connectivity index (χ1n) is 7.65. The predicted molar refractivity (Wildman–Crippen MR) is 80.0 cm³/mol. The van der Waals surface area contributed by atoms with Gasteiger partial charge >= 0.3 is 0 Å². The molecule has 0 aromatic carbocycles. The Kier molecular flexibility index (Phi) is 5.81. The number of carbonyl (C=O) groups is 1. The number of carbonyl (C=O) groups excluding carboxylic acids is 1. The first-order valence-corrected chi connectivity index (χ1v) is 7.65. The molecule has 2 atom stereocenters. The Bertz CT molecular complexity index is 302. The van der Waals surface area contributed by atoms with Crippen LogP contribution in [0.4, 0.5) is 0 Å². The number of nitrogens with zero attached hydrogens (tertiary/aromatic N) is 1. The Morgan fingerprint density at radius 3 is 2.42 bits per heavy atom. The van der Waals surface area contributed by atoms with Crippen LogP contribution in [0.15, 0.2) is 0 Å². The molecule has 0 aromatic rings. The van der Waals surface area contributed by atoms with Crippen molar-refractivity contribution in [3.63, 3.8) is 0 Å². The molecule has 3 N–H and O–H groups in total. The van der Waals surface area contributed by atoms with E-state index in [1.165, 1.54) is 0 Å². The van der Waals surface area contributed by atoms with Crippen LogP contribution in [0.5, 0.6) is 0 Å². The van der Waals surface area contributed by atoms with Crippen LogP contribution >= 0.6 is 0 Å². The number of nitrogens with two attached hydrogens (primary N) is 1. The molecule has 0 aliphatic heterocycles. The van der Waals surface area contributed by atoms with E-state index < -0.39 is 5.54 Å². The average molecular weight is 269 g/mol. The molecule has 112 valence electrons. The lowest BCUT2D eigenvalue weighted by Crippen LogP contribution is -2.57. The van der Waals surface area contributed by atoms with Crippen LogP contribution in [0.2, 0.25) is 0 Å². The molecule has 1 aliphatic carbocycles. The summed E-state index contributed by atoms with van der Waals surface area (Å²) in [5.74, 6) is -0.193. The quantitative estimate of drug-likeness (QED) is 0.742. The summed E-state index contributed by atoms with van der Waals surface area (Å²) >= 11 is 0. The van der Waals surface area contributed by atoms with Gasteiger partial charge in [0.15, 0.2) is 0 Å². The highest BCUT2D eigenvalue weighted by molar-refractivity contribution is 5.85. The van der Waals surface area contributed by atoms with Gasteiger partial charge in [0, 0.05) is 18.1 Å². The van der Waals surface area contributed by atoms with Crippen LogP contribution in [-0.4, -0.2) is 41.5 Å². The van der Waals surface area contributed by atoms with Crippen molar-refractivity contribution in [1.29, 1.82) is 0 Å². The van der Waals surface area contributed by atoms with Gasteiger partial charge in [0.1, 0.15) is 0 Å². The molecule has 1 rings (SSSR count). The first kappa shape index (κ1) is 16.4. The molecule has 1 amide bonds. The predicted octanol–water partition coefficient (Wildman–Crippen LogP) is 1.88. The van der Waals surface area contributed by atoms with Crippen molar-refractivity contribution in [2.75, 3.05) is 7.05 Å². The molecule has 1 saturated carbocycles. The Labute approximate surface area is 118 Å². The minimum Gasteiger partial charge on any atom is -0.368 e. The summed E-state index contributed by atoms with van der Waals surface area (Å²) < 4.78 is 0. The van der Waals surface area contributed by atoms with Crippen molar-refractivity contribution < 1.29 is 4.79 Å². The largest absolute Gasteiger partial charge is 0.368 e. The van der Waals surface area contributed by atoms with E-state index in [1.807, 2.05) is 0 Å². The minimum atomic E-state index is -0.501. The molecule has 19 heavy (non-hydrogen) atoms. The van der Waals surface area contributed by atoms with E-state index in [1.54, 1.807) is 0 Å². The van der Waals surface area contributed by atoms with Crippen LogP contribution < -0.4 is 11.1 Å². The molecule has 0 bridgehead atoms. The molecule has 1 fully saturated rings. The zero-order valence-corrected chi connectivity index (χ0v) is 13.2. The van der Waals surface area contributed by atoms with E-state index in [0.717, 1.165) is 32.1 Å². The van der Waals surface area contributed by atoms with Crippen LogP contribution in [0, 0.1) is 0 Å². The molecule has 0 radical (unpaired) electrons. The molecule has 4 heteroatoms. The van der Waals surface area contributed by atoms with Gasteiger partial charge in [-0.3, -0.25) is 4.79 Å². The zero-order valence-electron chi connectivity index (χ0n) is 13.2. The van der Waals surface area contributed by atoms with Crippen molar-refractivity contribution in [1.82, 2.24) is 10.2 Å². The maximum Gasteiger partial charge on any atom is 0.237 e. The standard InChI is InChI=1S/C15H31N3O/c1-6-12(7-2)18(5)13-8-9-15(10-13,14(16)19)17-11(3)4/h11-13,17H,6-10H2,1-5H3,(H2,16,19). The Balaban J connectivity index is 2.76. The summed E-state index contributed by atoms with van der Waals surface area (Å²) in [6, 6.07) is 1.35. The lowest BCUT2D eigenvalue weighted by atomic mass is 9.94. The zero-order chi connectivity index (χ0) is 14.6. The maximum atomic E-state index is 11.9. The fourth-order valence-electron chi connectivity index (χ4n) is 3.51. The molecule has 0 heterocycles. The first-order chi connectivity index (χ1) is 8.86. The van der Waals surface area contributed by atoms with Crippen LogP contribution in [0.25, 0.3) is 0 Å². The van der Waals surface area contributed by atoms with Crippen LogP contribution in [-0.2, 0) is 4.79 Å². The Morgan fingerprint density at radius 2 is 2.00 bits per heavy atom. The number of primary amides is 1. The van der Waals surface area contributed by atoms with Gasteiger partial charge in [-0.15, -0.1) is 0 Å². The third kappa shape index (κ3) is 3.69. The van der Waals surface area contributed by atoms with E-state index in [-0.39, 0.29) is 11.9 Å². The van der Waals surface area contributed by atoms with E-state index in [9.17, 15) is 4.79 Å². The lowest BCUT2D eigenvalue weighted by Gasteiger charge is -2.34. The number of amides is 1. The summed E-state index contributed by atoms with van der Waals surface area (Å²) in [5.41, 5.74) is 5.16. The fraction of sp³-hybridized carbons (Fsp3) is 0.933. The number of hydrogen-bond donors (Lipinski definition) is 2. The van der Waals surface area contributed by atoms with Gasteiger partial charge in [0.05, 0.1) is 5.54 Å². The third-order valence-corrected chi connectivity index (χ3v) is 4.62. The number of rotatable bonds is 7. The second-order valence-corrected chi connectivity index (χ2v) is 6.28. The summed E-state index contributed by atoms with van der Waals surface area (Å²) in [6.45, 7) is 8.60. The Morgan fingerprint density at radius 1 is 1.42 bits per heavy atom. The molecular formula is C15H31N3O. The highest BCUT2D eigenvalue weighted by Gasteiger charge is 2.45. The second-order valence-electron chi connectivity index (χ2n) is 6.28. The number of hydrogen-bond acceptors (Lipinski definition) is 3. The SMILES string of the molecule is CCC(CC)N(C)C1CCC(NC(C)C)(C(N)=O)C1. The van der Waals surface area contributed by atoms with Crippen molar-refractivity contribution in [3.8, 4) is 0 Å². The van der Waals surface area contributed by atoms with Gasteiger partial charge in [-0.25, -0.2) is 0 Å². The minimum absolute atomic E-state index is 0.193. The molecule has 0 aromatic heterocycles. The monoisotopic (exact) mass is 269 g/mol. The van der Waals surface area contributed by atoms with Crippen molar-refractivity contribution in [2.45, 2.75) is 83.5 Å². The Hall–Kier alpha value is -0.610. The van der Waals surface area contributed by atoms with Gasteiger partial charge in [-0.2, -0.15) is 0 Å². The molecule has 0 spiro atoms. The van der Waals surface area contributed by atoms with Crippen LogP contribution in [0.3, 0.4) is 0 Å².